The van der Waals surface area contributed by atoms with Crippen LogP contribution in [0.15, 0.2) is 12.1 Å². The number of hydrogen-bond donors (Lipinski definition) is 1. The third-order valence-electron chi connectivity index (χ3n) is 3.68. The van der Waals surface area contributed by atoms with Gasteiger partial charge in [0.2, 0.25) is 0 Å². The highest BCUT2D eigenvalue weighted by molar-refractivity contribution is 5.38. The second kappa shape index (κ2) is 3.97. The molecule has 1 aliphatic carbocycles. The van der Waals surface area contributed by atoms with E-state index in [-0.39, 0.29) is 0 Å². The van der Waals surface area contributed by atoms with Crippen LogP contribution in [0.1, 0.15) is 28.7 Å². The van der Waals surface area contributed by atoms with Crippen LogP contribution in [-0.2, 0) is 6.42 Å². The van der Waals surface area contributed by atoms with Gasteiger partial charge in [-0.15, -0.1) is 0 Å². The second-order valence-electron chi connectivity index (χ2n) is 5.07. The Kier molecular flexibility index (Phi) is 2.83. The van der Waals surface area contributed by atoms with Crippen LogP contribution in [0.2, 0.25) is 0 Å². The third-order valence-corrected chi connectivity index (χ3v) is 3.68. The van der Waals surface area contributed by atoms with Gasteiger partial charge in [-0.1, -0.05) is 17.7 Å². The molecule has 2 atom stereocenters. The molecular weight excluding hydrogens is 182 g/mol. The highest BCUT2D eigenvalue weighted by Crippen LogP contribution is 2.41. The molecule has 0 aliphatic heterocycles. The SMILES string of the molecule is Cc1cc(C)c(CC2CC2CN)c(C)c1. The summed E-state index contributed by atoms with van der Waals surface area (Å²) in [7, 11) is 0. The van der Waals surface area contributed by atoms with Crippen molar-refractivity contribution in [2.24, 2.45) is 17.6 Å². The summed E-state index contributed by atoms with van der Waals surface area (Å²) in [5.41, 5.74) is 11.5. The van der Waals surface area contributed by atoms with E-state index >= 15 is 0 Å². The molecule has 1 saturated carbocycles. The lowest BCUT2D eigenvalue weighted by molar-refractivity contribution is 0.700. The Bertz CT molecular complexity index is 345. The second-order valence-corrected chi connectivity index (χ2v) is 5.07. The monoisotopic (exact) mass is 203 g/mol. The van der Waals surface area contributed by atoms with Crippen LogP contribution in [0, 0.1) is 32.6 Å². The van der Waals surface area contributed by atoms with Crippen molar-refractivity contribution < 1.29 is 0 Å². The topological polar surface area (TPSA) is 26.0 Å². The van der Waals surface area contributed by atoms with Crippen molar-refractivity contribution in [2.45, 2.75) is 33.6 Å². The molecule has 0 radical (unpaired) electrons. The third kappa shape index (κ3) is 2.23. The molecule has 2 unspecified atom stereocenters. The maximum atomic E-state index is 5.68. The van der Waals surface area contributed by atoms with Crippen molar-refractivity contribution in [2.75, 3.05) is 6.54 Å². The smallest absolute Gasteiger partial charge is 0.00460 e. The van der Waals surface area contributed by atoms with Gasteiger partial charge in [0, 0.05) is 0 Å². The number of nitrogens with two attached hydrogens (primary N) is 1. The molecule has 1 aromatic carbocycles. The van der Waals surface area contributed by atoms with E-state index in [0.717, 1.165) is 18.4 Å². The maximum Gasteiger partial charge on any atom is -0.00460 e. The Labute approximate surface area is 92.7 Å². The number of benzene rings is 1. The van der Waals surface area contributed by atoms with Crippen molar-refractivity contribution in [1.82, 2.24) is 0 Å². The summed E-state index contributed by atoms with van der Waals surface area (Å²) in [5.74, 6) is 1.65. The van der Waals surface area contributed by atoms with Crippen LogP contribution >= 0.6 is 0 Å². The lowest BCUT2D eigenvalue weighted by Gasteiger charge is -2.11. The van der Waals surface area contributed by atoms with Gasteiger partial charge < -0.3 is 5.73 Å². The van der Waals surface area contributed by atoms with Gasteiger partial charge in [0.15, 0.2) is 0 Å². The fourth-order valence-electron chi connectivity index (χ4n) is 2.64. The zero-order valence-corrected chi connectivity index (χ0v) is 10.0. The summed E-state index contributed by atoms with van der Waals surface area (Å²) >= 11 is 0. The van der Waals surface area contributed by atoms with E-state index in [0.29, 0.717) is 0 Å². The fourth-order valence-corrected chi connectivity index (χ4v) is 2.64. The van der Waals surface area contributed by atoms with Crippen molar-refractivity contribution in [3.63, 3.8) is 0 Å². The number of hydrogen-bond acceptors (Lipinski definition) is 1. The first-order valence-corrected chi connectivity index (χ1v) is 5.88. The minimum absolute atomic E-state index is 0.796. The summed E-state index contributed by atoms with van der Waals surface area (Å²) in [4.78, 5) is 0. The molecule has 82 valence electrons. The van der Waals surface area contributed by atoms with E-state index in [9.17, 15) is 0 Å². The van der Waals surface area contributed by atoms with Crippen molar-refractivity contribution >= 4 is 0 Å². The molecule has 1 heteroatoms. The summed E-state index contributed by atoms with van der Waals surface area (Å²) < 4.78 is 0. The normalized spacial score (nSPS) is 24.3. The van der Waals surface area contributed by atoms with Gasteiger partial charge in [0.1, 0.15) is 0 Å². The lowest BCUT2D eigenvalue weighted by Crippen LogP contribution is -2.04. The van der Waals surface area contributed by atoms with E-state index in [2.05, 4.69) is 32.9 Å². The molecule has 1 aliphatic rings. The maximum absolute atomic E-state index is 5.68. The Morgan fingerprint density at radius 1 is 1.13 bits per heavy atom. The molecule has 2 N–H and O–H groups in total. The highest BCUT2D eigenvalue weighted by Gasteiger charge is 2.35. The average molecular weight is 203 g/mol. The van der Waals surface area contributed by atoms with E-state index in [1.165, 1.54) is 29.5 Å². The highest BCUT2D eigenvalue weighted by atomic mass is 14.6. The molecule has 0 aromatic heterocycles. The van der Waals surface area contributed by atoms with Gasteiger partial charge in [0.05, 0.1) is 0 Å². The van der Waals surface area contributed by atoms with Crippen LogP contribution in [0.5, 0.6) is 0 Å². The van der Waals surface area contributed by atoms with Gasteiger partial charge in [-0.2, -0.15) is 0 Å². The van der Waals surface area contributed by atoms with E-state index in [1.807, 2.05) is 0 Å². The Morgan fingerprint density at radius 3 is 2.20 bits per heavy atom. The Morgan fingerprint density at radius 2 is 1.73 bits per heavy atom. The first-order valence-electron chi connectivity index (χ1n) is 5.88. The van der Waals surface area contributed by atoms with Crippen LogP contribution in [-0.4, -0.2) is 6.54 Å². The summed E-state index contributed by atoms with van der Waals surface area (Å²) in [6, 6.07) is 4.59. The Hall–Kier alpha value is -0.820. The lowest BCUT2D eigenvalue weighted by atomic mass is 9.95. The summed E-state index contributed by atoms with van der Waals surface area (Å²) in [6.45, 7) is 7.50. The van der Waals surface area contributed by atoms with E-state index < -0.39 is 0 Å². The van der Waals surface area contributed by atoms with Gasteiger partial charge in [-0.25, -0.2) is 0 Å². The zero-order valence-electron chi connectivity index (χ0n) is 10.0. The predicted octanol–water partition coefficient (Wildman–Crippen LogP) is 2.75. The first kappa shape index (κ1) is 10.7. The number of rotatable bonds is 3. The molecule has 1 nitrogen and oxygen atoms in total. The molecule has 0 amide bonds. The Balaban J connectivity index is 2.15. The summed E-state index contributed by atoms with van der Waals surface area (Å²) in [5, 5.41) is 0. The molecule has 1 fully saturated rings. The fraction of sp³-hybridized carbons (Fsp3) is 0.571. The molecule has 15 heavy (non-hydrogen) atoms. The van der Waals surface area contributed by atoms with Crippen molar-refractivity contribution in [3.05, 3.63) is 34.4 Å². The molecule has 0 spiro atoms. The van der Waals surface area contributed by atoms with Gasteiger partial charge in [-0.05, 0) is 68.7 Å². The van der Waals surface area contributed by atoms with Gasteiger partial charge >= 0.3 is 0 Å². The molecular formula is C14H21N. The van der Waals surface area contributed by atoms with Gasteiger partial charge in [0.25, 0.3) is 0 Å². The molecule has 2 rings (SSSR count). The molecule has 1 aromatic rings. The quantitative estimate of drug-likeness (QED) is 0.803. The van der Waals surface area contributed by atoms with Crippen LogP contribution in [0.4, 0.5) is 0 Å². The standard InChI is InChI=1S/C14H21N/c1-9-4-10(2)14(11(3)5-9)7-12-6-13(12)8-15/h4-5,12-13H,6-8,15H2,1-3H3. The van der Waals surface area contributed by atoms with Crippen LogP contribution in [0.25, 0.3) is 0 Å². The zero-order chi connectivity index (χ0) is 11.0. The van der Waals surface area contributed by atoms with Crippen molar-refractivity contribution in [1.29, 1.82) is 0 Å². The minimum atomic E-state index is 0.796. The molecule has 0 bridgehead atoms. The molecule has 0 saturated heterocycles. The van der Waals surface area contributed by atoms with Crippen LogP contribution < -0.4 is 5.73 Å². The van der Waals surface area contributed by atoms with E-state index in [1.54, 1.807) is 5.56 Å². The van der Waals surface area contributed by atoms with Crippen LogP contribution in [0.3, 0.4) is 0 Å². The predicted molar refractivity (Wildman–Crippen MR) is 65.0 cm³/mol. The van der Waals surface area contributed by atoms with Gasteiger partial charge in [-0.3, -0.25) is 0 Å². The average Bonchev–Trinajstić information content (AvgIpc) is 2.89. The first-order chi connectivity index (χ1) is 7.11. The number of aryl methyl sites for hydroxylation is 3. The molecule has 0 heterocycles. The van der Waals surface area contributed by atoms with E-state index in [4.69, 9.17) is 5.73 Å². The summed E-state index contributed by atoms with van der Waals surface area (Å²) in [6.07, 6.45) is 2.57. The largest absolute Gasteiger partial charge is 0.330 e. The van der Waals surface area contributed by atoms with Crippen molar-refractivity contribution in [3.8, 4) is 0 Å². The minimum Gasteiger partial charge on any atom is -0.330 e.